The number of carbonyl (C=O) groups excluding carboxylic acids is 4. The summed E-state index contributed by atoms with van der Waals surface area (Å²) < 4.78 is 28.2. The van der Waals surface area contributed by atoms with Crippen molar-refractivity contribution in [2.75, 3.05) is 117 Å². The lowest BCUT2D eigenvalue weighted by atomic mass is 10.0. The Labute approximate surface area is 526 Å². The summed E-state index contributed by atoms with van der Waals surface area (Å²) in [5, 5.41) is 45.0. The van der Waals surface area contributed by atoms with Crippen molar-refractivity contribution in [3.05, 3.63) is 0 Å². The number of ether oxygens (including phenoxy) is 5. The standard InChI is InChI=1S/C66H128N4O13S2/c1-9-12-45-79-62(75)31-20-16-14-18-27-60(73)54-70(55-61(74)28-19-15-17-21-32-63(76)80-46-13-10-2)66(8,37-11-3)83-49-43-67-39-41-68(42-40-67)44-51-85-84-50-26-38-69(52-58(71)29-22-24-33-64(77)81-47-35-56(4)5)53-59(72)30-23-25-34-65(78)82-48-36-57(6)7/h56-61,71-74H,9-55H2,1-8H3. The van der Waals surface area contributed by atoms with Gasteiger partial charge in [-0.25, -0.2) is 0 Å². The number of carbonyl (C=O) groups is 4. The summed E-state index contributed by atoms with van der Waals surface area (Å²) in [7, 11) is 3.78. The van der Waals surface area contributed by atoms with Crippen LogP contribution >= 0.6 is 21.6 Å². The van der Waals surface area contributed by atoms with Crippen LogP contribution < -0.4 is 0 Å². The van der Waals surface area contributed by atoms with E-state index in [4.69, 9.17) is 23.7 Å². The van der Waals surface area contributed by atoms with Crippen LogP contribution in [-0.2, 0) is 42.9 Å². The third-order valence-electron chi connectivity index (χ3n) is 15.9. The molecule has 0 bridgehead atoms. The molecule has 1 saturated heterocycles. The largest absolute Gasteiger partial charge is 0.466 e. The fraction of sp³-hybridized carbons (Fsp3) is 0.939. The lowest BCUT2D eigenvalue weighted by molar-refractivity contribution is -0.169. The van der Waals surface area contributed by atoms with E-state index in [1.54, 1.807) is 0 Å². The molecule has 0 spiro atoms. The first-order valence-electron chi connectivity index (χ1n) is 34.0. The van der Waals surface area contributed by atoms with Crippen LogP contribution in [0.5, 0.6) is 0 Å². The average molecular weight is 1250 g/mol. The SMILES string of the molecule is CCCCOC(=O)CCCCCCC(O)CN(CC(O)CCCCCCC(=O)OCCCC)C(C)(CCC)OCCN1CCN(CCSSCCCN(CC(O)CCCCC(=O)OCCC(C)C)CC(O)CCCCC(=O)OCCC(C)C)CC1. The average Bonchev–Trinajstić information content (AvgIpc) is 3.65. The molecule has 1 heterocycles. The Balaban J connectivity index is 2.67. The number of esters is 4. The minimum absolute atomic E-state index is 0.127. The topological polar surface area (TPSA) is 208 Å². The second-order valence-electron chi connectivity index (χ2n) is 25.1. The van der Waals surface area contributed by atoms with Crippen molar-refractivity contribution in [2.45, 2.75) is 272 Å². The van der Waals surface area contributed by atoms with Crippen LogP contribution in [0.2, 0.25) is 0 Å². The molecule has 1 aliphatic heterocycles. The Kier molecular flexibility index (Phi) is 51.6. The highest BCUT2D eigenvalue weighted by molar-refractivity contribution is 8.76. The molecule has 0 aliphatic carbocycles. The quantitative estimate of drug-likeness (QED) is 0.0147. The summed E-state index contributed by atoms with van der Waals surface area (Å²) >= 11 is 0. The lowest BCUT2D eigenvalue weighted by Crippen LogP contribution is -2.55. The molecule has 0 amide bonds. The van der Waals surface area contributed by atoms with Gasteiger partial charge in [-0.2, -0.15) is 0 Å². The van der Waals surface area contributed by atoms with E-state index in [1.165, 1.54) is 0 Å². The maximum Gasteiger partial charge on any atom is 0.305 e. The van der Waals surface area contributed by atoms with E-state index < -0.39 is 30.1 Å². The van der Waals surface area contributed by atoms with E-state index in [0.717, 1.165) is 179 Å². The van der Waals surface area contributed by atoms with E-state index >= 15 is 0 Å². The number of aliphatic hydroxyl groups is 4. The predicted molar refractivity (Wildman–Crippen MR) is 349 cm³/mol. The van der Waals surface area contributed by atoms with Crippen LogP contribution in [-0.4, -0.2) is 211 Å². The molecule has 502 valence electrons. The van der Waals surface area contributed by atoms with Crippen molar-refractivity contribution in [2.24, 2.45) is 11.8 Å². The second kappa shape index (κ2) is 54.0. The van der Waals surface area contributed by atoms with Crippen LogP contribution in [0.4, 0.5) is 0 Å². The van der Waals surface area contributed by atoms with E-state index in [-0.39, 0.29) is 23.9 Å². The fourth-order valence-corrected chi connectivity index (χ4v) is 12.4. The normalized spacial score (nSPS) is 15.6. The van der Waals surface area contributed by atoms with Gasteiger partial charge in [-0.3, -0.25) is 38.8 Å². The van der Waals surface area contributed by atoms with E-state index in [1.807, 2.05) is 21.6 Å². The summed E-state index contributed by atoms with van der Waals surface area (Å²) in [5.41, 5.74) is -0.664. The first-order valence-corrected chi connectivity index (χ1v) is 36.5. The van der Waals surface area contributed by atoms with Gasteiger partial charge in [-0.15, -0.1) is 0 Å². The molecule has 0 aromatic heterocycles. The zero-order valence-electron chi connectivity index (χ0n) is 55.3. The number of rotatable bonds is 59. The maximum atomic E-state index is 12.2. The summed E-state index contributed by atoms with van der Waals surface area (Å²) in [6.07, 6.45) is 19.6. The minimum Gasteiger partial charge on any atom is -0.466 e. The molecular formula is C66H128N4O13S2. The molecular weight excluding hydrogens is 1120 g/mol. The first kappa shape index (κ1) is 81.2. The van der Waals surface area contributed by atoms with E-state index in [2.05, 4.69) is 75.0 Å². The predicted octanol–water partition coefficient (Wildman–Crippen LogP) is 11.6. The molecule has 19 heteroatoms. The van der Waals surface area contributed by atoms with Crippen molar-refractivity contribution >= 4 is 45.5 Å². The monoisotopic (exact) mass is 1250 g/mol. The molecule has 4 N–H and O–H groups in total. The second-order valence-corrected chi connectivity index (χ2v) is 27.8. The van der Waals surface area contributed by atoms with Gasteiger partial charge in [0.2, 0.25) is 0 Å². The molecule has 0 aromatic rings. The van der Waals surface area contributed by atoms with Gasteiger partial charge in [0.15, 0.2) is 0 Å². The lowest BCUT2D eigenvalue weighted by Gasteiger charge is -2.43. The number of hydrogen-bond acceptors (Lipinski definition) is 19. The Morgan fingerprint density at radius 2 is 0.824 bits per heavy atom. The molecule has 1 fully saturated rings. The van der Waals surface area contributed by atoms with Gasteiger partial charge >= 0.3 is 23.9 Å². The van der Waals surface area contributed by atoms with Gasteiger partial charge in [0.1, 0.15) is 5.72 Å². The van der Waals surface area contributed by atoms with E-state index in [0.29, 0.717) is 135 Å². The zero-order valence-corrected chi connectivity index (χ0v) is 56.9. The molecule has 0 radical (unpaired) electrons. The highest BCUT2D eigenvalue weighted by Crippen LogP contribution is 2.27. The zero-order chi connectivity index (χ0) is 62.8. The summed E-state index contributed by atoms with van der Waals surface area (Å²) in [4.78, 5) is 57.8. The first-order chi connectivity index (χ1) is 40.9. The van der Waals surface area contributed by atoms with Crippen LogP contribution in [0.3, 0.4) is 0 Å². The third kappa shape index (κ3) is 47.8. The Bertz CT molecular complexity index is 1530. The van der Waals surface area contributed by atoms with Gasteiger partial charge in [0.05, 0.1) is 57.5 Å². The third-order valence-corrected chi connectivity index (χ3v) is 18.3. The van der Waals surface area contributed by atoms with Crippen molar-refractivity contribution in [1.82, 2.24) is 19.6 Å². The van der Waals surface area contributed by atoms with Gasteiger partial charge in [-0.1, -0.05) is 141 Å². The highest BCUT2D eigenvalue weighted by atomic mass is 33.1. The number of nitrogens with zero attached hydrogens (tertiary/aromatic N) is 4. The van der Waals surface area contributed by atoms with Gasteiger partial charge in [0.25, 0.3) is 0 Å². The summed E-state index contributed by atoms with van der Waals surface area (Å²) in [5.74, 6) is 2.35. The van der Waals surface area contributed by atoms with Gasteiger partial charge < -0.3 is 44.1 Å². The van der Waals surface area contributed by atoms with E-state index in [9.17, 15) is 39.6 Å². The maximum absolute atomic E-state index is 12.2. The molecule has 0 saturated carbocycles. The van der Waals surface area contributed by atoms with Gasteiger partial charge in [-0.05, 0) is 115 Å². The van der Waals surface area contributed by atoms with Crippen LogP contribution in [0.25, 0.3) is 0 Å². The fourth-order valence-electron chi connectivity index (χ4n) is 10.3. The Morgan fingerprint density at radius 1 is 0.447 bits per heavy atom. The smallest absolute Gasteiger partial charge is 0.305 e. The number of hydrogen-bond donors (Lipinski definition) is 4. The van der Waals surface area contributed by atoms with Gasteiger partial charge in [0, 0.05) is 103 Å². The summed E-state index contributed by atoms with van der Waals surface area (Å²) in [6, 6.07) is 0. The van der Waals surface area contributed by atoms with Crippen molar-refractivity contribution in [3.8, 4) is 0 Å². The molecule has 1 aliphatic rings. The van der Waals surface area contributed by atoms with Crippen molar-refractivity contribution in [1.29, 1.82) is 0 Å². The van der Waals surface area contributed by atoms with Crippen molar-refractivity contribution in [3.63, 3.8) is 0 Å². The molecule has 85 heavy (non-hydrogen) atoms. The molecule has 0 aromatic carbocycles. The molecule has 5 unspecified atom stereocenters. The number of piperazine rings is 1. The van der Waals surface area contributed by atoms with Crippen molar-refractivity contribution < 1.29 is 63.3 Å². The highest BCUT2D eigenvalue weighted by Gasteiger charge is 2.35. The molecule has 1 rings (SSSR count). The number of aliphatic hydroxyl groups excluding tert-OH is 4. The summed E-state index contributed by atoms with van der Waals surface area (Å²) in [6.45, 7) is 27.6. The van der Waals surface area contributed by atoms with Crippen LogP contribution in [0, 0.1) is 11.8 Å². The Morgan fingerprint density at radius 3 is 1.25 bits per heavy atom. The van der Waals surface area contributed by atoms with Crippen LogP contribution in [0.1, 0.15) is 242 Å². The Hall–Kier alpha value is -1.78. The molecule has 17 nitrogen and oxygen atoms in total. The number of unbranched alkanes of at least 4 members (excludes halogenated alkanes) is 10. The molecule has 5 atom stereocenters. The minimum atomic E-state index is -0.664. The van der Waals surface area contributed by atoms with Crippen LogP contribution in [0.15, 0.2) is 0 Å².